The van der Waals surface area contributed by atoms with Crippen LogP contribution in [0, 0.1) is 0 Å². The fourth-order valence-corrected chi connectivity index (χ4v) is 3.45. The maximum Gasteiger partial charge on any atom is 0.419 e. The summed E-state index contributed by atoms with van der Waals surface area (Å²) in [5.74, 6) is 1.83. The molecule has 2 heterocycles. The zero-order chi connectivity index (χ0) is 19.5. The lowest BCUT2D eigenvalue weighted by molar-refractivity contribution is 0.394. The zero-order valence-corrected chi connectivity index (χ0v) is 16.1. The van der Waals surface area contributed by atoms with Gasteiger partial charge in [0, 0.05) is 23.9 Å². The molecule has 0 saturated heterocycles. The van der Waals surface area contributed by atoms with Crippen LogP contribution in [-0.4, -0.2) is 34.7 Å². The molecule has 8 nitrogen and oxygen atoms in total. The summed E-state index contributed by atoms with van der Waals surface area (Å²) in [5.41, 5.74) is 2.04. The predicted octanol–water partition coefficient (Wildman–Crippen LogP) is 3.45. The second-order valence-corrected chi connectivity index (χ2v) is 6.86. The Morgan fingerprint density at radius 3 is 2.54 bits per heavy atom. The summed E-state index contributed by atoms with van der Waals surface area (Å²) in [4.78, 5) is 12.0. The Morgan fingerprint density at radius 2 is 1.79 bits per heavy atom. The standard InChI is InChI=1S/C19H17N3O5S/c1-24-13-9-12(10-14(11-13)25-2)17-20-21-18(27-17)28-8-7-22-15-5-3-4-6-16(15)26-19(22)23/h3-6,9-11H,7-8H2,1-2H3. The lowest BCUT2D eigenvalue weighted by Gasteiger charge is -2.05. The lowest BCUT2D eigenvalue weighted by atomic mass is 10.2. The smallest absolute Gasteiger partial charge is 0.419 e. The first-order valence-corrected chi connectivity index (χ1v) is 9.44. The molecule has 2 aromatic heterocycles. The van der Waals surface area contributed by atoms with E-state index in [2.05, 4.69) is 10.2 Å². The number of nitrogens with zero attached hydrogens (tertiary/aromatic N) is 3. The highest BCUT2D eigenvalue weighted by molar-refractivity contribution is 7.99. The Balaban J connectivity index is 1.47. The van der Waals surface area contributed by atoms with Crippen LogP contribution in [0.15, 0.2) is 61.3 Å². The number of hydrogen-bond donors (Lipinski definition) is 0. The van der Waals surface area contributed by atoms with Gasteiger partial charge in [0.05, 0.1) is 19.7 Å². The maximum atomic E-state index is 12.0. The molecule has 0 radical (unpaired) electrons. The highest BCUT2D eigenvalue weighted by Crippen LogP contribution is 2.30. The van der Waals surface area contributed by atoms with E-state index < -0.39 is 0 Å². The van der Waals surface area contributed by atoms with Crippen molar-refractivity contribution in [3.8, 4) is 23.0 Å². The van der Waals surface area contributed by atoms with E-state index in [0.717, 1.165) is 5.52 Å². The third kappa shape index (κ3) is 3.61. The Hall–Kier alpha value is -3.20. The van der Waals surface area contributed by atoms with Gasteiger partial charge in [-0.2, -0.15) is 0 Å². The van der Waals surface area contributed by atoms with E-state index in [1.807, 2.05) is 18.2 Å². The van der Waals surface area contributed by atoms with Gasteiger partial charge in [0.15, 0.2) is 5.58 Å². The molecule has 9 heteroatoms. The molecule has 0 aliphatic heterocycles. The molecular formula is C19H17N3O5S. The fourth-order valence-electron chi connectivity index (χ4n) is 2.77. The van der Waals surface area contributed by atoms with E-state index >= 15 is 0 Å². The minimum Gasteiger partial charge on any atom is -0.497 e. The second-order valence-electron chi connectivity index (χ2n) is 5.81. The molecule has 0 aliphatic rings. The molecule has 4 aromatic rings. The van der Waals surface area contributed by atoms with Crippen LogP contribution in [0.1, 0.15) is 0 Å². The maximum absolute atomic E-state index is 12.0. The summed E-state index contributed by atoms with van der Waals surface area (Å²) in [6, 6.07) is 12.7. The number of fused-ring (bicyclic) bond motifs is 1. The number of thioether (sulfide) groups is 1. The summed E-state index contributed by atoms with van der Waals surface area (Å²) in [6.07, 6.45) is 0. The summed E-state index contributed by atoms with van der Waals surface area (Å²) in [7, 11) is 3.16. The molecular weight excluding hydrogens is 382 g/mol. The molecule has 0 aliphatic carbocycles. The summed E-state index contributed by atoms with van der Waals surface area (Å²) >= 11 is 1.37. The first-order valence-electron chi connectivity index (χ1n) is 8.46. The van der Waals surface area contributed by atoms with E-state index in [-0.39, 0.29) is 5.76 Å². The molecule has 0 bridgehead atoms. The topological polar surface area (TPSA) is 92.5 Å². The van der Waals surface area contributed by atoms with Gasteiger partial charge < -0.3 is 18.3 Å². The van der Waals surface area contributed by atoms with Crippen LogP contribution in [0.5, 0.6) is 11.5 Å². The Bertz CT molecular complexity index is 1140. The van der Waals surface area contributed by atoms with Crippen molar-refractivity contribution in [2.24, 2.45) is 0 Å². The normalized spacial score (nSPS) is 11.1. The fraction of sp³-hybridized carbons (Fsp3) is 0.211. The van der Waals surface area contributed by atoms with Crippen LogP contribution >= 0.6 is 11.8 Å². The van der Waals surface area contributed by atoms with Crippen LogP contribution in [0.3, 0.4) is 0 Å². The van der Waals surface area contributed by atoms with Crippen LogP contribution in [-0.2, 0) is 6.54 Å². The molecule has 4 rings (SSSR count). The summed E-state index contributed by atoms with van der Waals surface area (Å²) in [5, 5.41) is 8.56. The van der Waals surface area contributed by atoms with E-state index in [1.165, 1.54) is 11.8 Å². The van der Waals surface area contributed by atoms with Crippen molar-refractivity contribution in [3.05, 3.63) is 53.0 Å². The average molecular weight is 399 g/mol. The molecule has 0 amide bonds. The minimum atomic E-state index is -0.378. The number of ether oxygens (including phenoxy) is 2. The van der Waals surface area contributed by atoms with Crippen molar-refractivity contribution in [2.45, 2.75) is 11.8 Å². The van der Waals surface area contributed by atoms with Crippen molar-refractivity contribution in [1.82, 2.24) is 14.8 Å². The lowest BCUT2D eigenvalue weighted by Crippen LogP contribution is -2.15. The quantitative estimate of drug-likeness (QED) is 0.436. The minimum absolute atomic E-state index is 0.366. The number of hydrogen-bond acceptors (Lipinski definition) is 8. The third-order valence-corrected chi connectivity index (χ3v) is 4.92. The Kier molecular flexibility index (Phi) is 5.07. The van der Waals surface area contributed by atoms with E-state index in [0.29, 0.717) is 46.1 Å². The number of rotatable bonds is 7. The summed E-state index contributed by atoms with van der Waals surface area (Å²) in [6.45, 7) is 0.464. The van der Waals surface area contributed by atoms with Crippen molar-refractivity contribution >= 4 is 22.9 Å². The van der Waals surface area contributed by atoms with Gasteiger partial charge in [-0.05, 0) is 24.3 Å². The number of aromatic nitrogens is 3. The van der Waals surface area contributed by atoms with E-state index in [4.69, 9.17) is 18.3 Å². The number of aryl methyl sites for hydroxylation is 1. The van der Waals surface area contributed by atoms with Crippen LogP contribution < -0.4 is 15.2 Å². The van der Waals surface area contributed by atoms with Gasteiger partial charge in [-0.1, -0.05) is 23.9 Å². The number of benzene rings is 2. The summed E-state index contributed by atoms with van der Waals surface area (Å²) < 4.78 is 23.1. The van der Waals surface area contributed by atoms with Crippen LogP contribution in [0.25, 0.3) is 22.6 Å². The monoisotopic (exact) mass is 399 g/mol. The van der Waals surface area contributed by atoms with E-state index in [9.17, 15) is 4.79 Å². The molecule has 2 aromatic carbocycles. The van der Waals surface area contributed by atoms with Crippen LogP contribution in [0.4, 0.5) is 0 Å². The molecule has 0 unspecified atom stereocenters. The van der Waals surface area contributed by atoms with Gasteiger partial charge in [-0.3, -0.25) is 4.57 Å². The highest BCUT2D eigenvalue weighted by Gasteiger charge is 2.13. The highest BCUT2D eigenvalue weighted by atomic mass is 32.2. The first kappa shape index (κ1) is 18.2. The molecule has 0 fully saturated rings. The zero-order valence-electron chi connectivity index (χ0n) is 15.2. The third-order valence-electron chi connectivity index (χ3n) is 4.12. The van der Waals surface area contributed by atoms with Gasteiger partial charge in [-0.15, -0.1) is 10.2 Å². The number of methoxy groups -OCH3 is 2. The van der Waals surface area contributed by atoms with Gasteiger partial charge in [-0.25, -0.2) is 4.79 Å². The van der Waals surface area contributed by atoms with Gasteiger partial charge in [0.1, 0.15) is 11.5 Å². The SMILES string of the molecule is COc1cc(OC)cc(-c2nnc(SCCn3c(=O)oc4ccccc43)o2)c1. The predicted molar refractivity (Wildman–Crippen MR) is 104 cm³/mol. The van der Waals surface area contributed by atoms with Crippen LogP contribution in [0.2, 0.25) is 0 Å². The molecule has 0 spiro atoms. The molecule has 0 atom stereocenters. The van der Waals surface area contributed by atoms with Crippen molar-refractivity contribution in [3.63, 3.8) is 0 Å². The first-order chi connectivity index (χ1) is 13.7. The average Bonchev–Trinajstić information content (AvgIpc) is 3.32. The number of oxazole rings is 1. The van der Waals surface area contributed by atoms with Crippen molar-refractivity contribution in [2.75, 3.05) is 20.0 Å². The second kappa shape index (κ2) is 7.81. The molecule has 144 valence electrons. The van der Waals surface area contributed by atoms with Crippen molar-refractivity contribution < 1.29 is 18.3 Å². The van der Waals surface area contributed by atoms with Gasteiger partial charge in [0.2, 0.25) is 5.89 Å². The van der Waals surface area contributed by atoms with E-state index in [1.54, 1.807) is 43.1 Å². The largest absolute Gasteiger partial charge is 0.497 e. The van der Waals surface area contributed by atoms with Crippen molar-refractivity contribution in [1.29, 1.82) is 0 Å². The molecule has 0 N–H and O–H groups in total. The Labute approximate surface area is 164 Å². The van der Waals surface area contributed by atoms with Gasteiger partial charge in [0.25, 0.3) is 5.22 Å². The molecule has 0 saturated carbocycles. The molecule has 28 heavy (non-hydrogen) atoms. The Morgan fingerprint density at radius 1 is 1.04 bits per heavy atom. The van der Waals surface area contributed by atoms with Gasteiger partial charge >= 0.3 is 5.76 Å². The number of para-hydroxylation sites is 2.